The predicted molar refractivity (Wildman–Crippen MR) is 42.8 cm³/mol. The van der Waals surface area contributed by atoms with E-state index in [9.17, 15) is 4.39 Å². The van der Waals surface area contributed by atoms with Gasteiger partial charge in [0.05, 0.1) is 0 Å². The highest BCUT2D eigenvalue weighted by Crippen LogP contribution is 2.18. The van der Waals surface area contributed by atoms with Gasteiger partial charge in [-0.05, 0) is 25.4 Å². The van der Waals surface area contributed by atoms with Gasteiger partial charge in [-0.1, -0.05) is 11.6 Å². The van der Waals surface area contributed by atoms with E-state index in [1.165, 1.54) is 0 Å². The van der Waals surface area contributed by atoms with Gasteiger partial charge in [-0.3, -0.25) is 0 Å². The molecule has 0 heterocycles. The number of hydrogen-bond donors (Lipinski definition) is 0. The van der Waals surface area contributed by atoms with Crippen molar-refractivity contribution in [3.8, 4) is 0 Å². The Bertz CT molecular complexity index is 128. The normalized spacial score (nSPS) is 12.9. The molecule has 0 fully saturated rings. The summed E-state index contributed by atoms with van der Waals surface area (Å²) in [5, 5.41) is -0.850. The Morgan fingerprint density at radius 1 is 1.30 bits per heavy atom. The predicted octanol–water partition coefficient (Wildman–Crippen LogP) is 2.90. The van der Waals surface area contributed by atoms with E-state index in [1.54, 1.807) is 4.90 Å². The second kappa shape index (κ2) is 4.80. The maximum atomic E-state index is 12.2. The van der Waals surface area contributed by atoms with Crippen molar-refractivity contribution in [2.45, 2.75) is 13.8 Å². The number of rotatable bonds is 3. The molecule has 0 aromatic heterocycles. The summed E-state index contributed by atoms with van der Waals surface area (Å²) >= 11 is 10.5. The van der Waals surface area contributed by atoms with Crippen molar-refractivity contribution in [3.63, 3.8) is 0 Å². The monoisotopic (exact) mass is 185 g/mol. The molecule has 0 aliphatic heterocycles. The number of hydrogen-bond acceptors (Lipinski definition) is 1. The van der Waals surface area contributed by atoms with E-state index in [0.29, 0.717) is 13.1 Å². The molecule has 0 saturated heterocycles. The topological polar surface area (TPSA) is 3.24 Å². The van der Waals surface area contributed by atoms with Gasteiger partial charge in [-0.2, -0.15) is 4.39 Å². The molecule has 10 heavy (non-hydrogen) atoms. The number of halogens is 3. The van der Waals surface area contributed by atoms with Gasteiger partial charge in [0, 0.05) is 13.1 Å². The van der Waals surface area contributed by atoms with Crippen LogP contribution in [0.25, 0.3) is 0 Å². The van der Waals surface area contributed by atoms with Gasteiger partial charge in [-0.25, -0.2) is 0 Å². The van der Waals surface area contributed by atoms with Crippen LogP contribution in [0.3, 0.4) is 0 Å². The molecule has 0 radical (unpaired) electrons. The lowest BCUT2D eigenvalue weighted by Gasteiger charge is -2.18. The van der Waals surface area contributed by atoms with Crippen LogP contribution in [-0.2, 0) is 0 Å². The fraction of sp³-hybridized carbons (Fsp3) is 0.667. The molecule has 0 aromatic rings. The van der Waals surface area contributed by atoms with Crippen LogP contribution in [0.5, 0.6) is 0 Å². The molecule has 0 rings (SSSR count). The van der Waals surface area contributed by atoms with Gasteiger partial charge < -0.3 is 4.90 Å². The highest BCUT2D eigenvalue weighted by molar-refractivity contribution is 6.37. The Labute approximate surface area is 70.4 Å². The van der Waals surface area contributed by atoms with Crippen LogP contribution >= 0.6 is 23.2 Å². The van der Waals surface area contributed by atoms with Crippen molar-refractivity contribution in [1.82, 2.24) is 4.90 Å². The van der Waals surface area contributed by atoms with Gasteiger partial charge in [0.2, 0.25) is 5.29 Å². The Balaban J connectivity index is 4.15. The molecule has 0 spiro atoms. The van der Waals surface area contributed by atoms with E-state index in [1.807, 2.05) is 13.8 Å². The third kappa shape index (κ3) is 2.76. The fourth-order valence-electron chi connectivity index (χ4n) is 0.621. The third-order valence-electron chi connectivity index (χ3n) is 1.20. The summed E-state index contributed by atoms with van der Waals surface area (Å²) in [5.74, 6) is 0. The van der Waals surface area contributed by atoms with Crippen molar-refractivity contribution >= 4 is 23.2 Å². The van der Waals surface area contributed by atoms with E-state index in [2.05, 4.69) is 0 Å². The van der Waals surface area contributed by atoms with Crippen LogP contribution in [0.4, 0.5) is 4.39 Å². The Morgan fingerprint density at radius 3 is 1.80 bits per heavy atom. The molecule has 0 saturated carbocycles. The molecule has 0 aliphatic rings. The lowest BCUT2D eigenvalue weighted by atomic mass is 10.5. The molecule has 0 unspecified atom stereocenters. The largest absolute Gasteiger partial charge is 0.360 e. The van der Waals surface area contributed by atoms with Gasteiger partial charge in [0.25, 0.3) is 0 Å². The summed E-state index contributed by atoms with van der Waals surface area (Å²) in [6, 6.07) is 0. The van der Waals surface area contributed by atoms with Gasteiger partial charge in [0.1, 0.15) is 0 Å². The molecule has 0 bridgehead atoms. The zero-order valence-electron chi connectivity index (χ0n) is 6.00. The Kier molecular flexibility index (Phi) is 4.83. The van der Waals surface area contributed by atoms with Gasteiger partial charge >= 0.3 is 0 Å². The SMILES string of the molecule is CCN(CC)C(Cl)=C(F)Cl. The first-order valence-corrected chi connectivity index (χ1v) is 3.84. The van der Waals surface area contributed by atoms with Crippen molar-refractivity contribution < 1.29 is 4.39 Å². The average molecular weight is 186 g/mol. The van der Waals surface area contributed by atoms with Crippen molar-refractivity contribution in [2.75, 3.05) is 13.1 Å². The molecule has 1 nitrogen and oxygen atoms in total. The van der Waals surface area contributed by atoms with Crippen molar-refractivity contribution in [2.24, 2.45) is 0 Å². The fourth-order valence-corrected chi connectivity index (χ4v) is 0.979. The summed E-state index contributed by atoms with van der Waals surface area (Å²) in [6.45, 7) is 5.09. The van der Waals surface area contributed by atoms with Crippen LogP contribution in [-0.4, -0.2) is 18.0 Å². The first-order valence-electron chi connectivity index (χ1n) is 3.09. The van der Waals surface area contributed by atoms with E-state index < -0.39 is 5.29 Å². The van der Waals surface area contributed by atoms with Crippen LogP contribution in [0.1, 0.15) is 13.8 Å². The van der Waals surface area contributed by atoms with Crippen molar-refractivity contribution in [1.29, 1.82) is 0 Å². The number of nitrogens with zero attached hydrogens (tertiary/aromatic N) is 1. The average Bonchev–Trinajstić information content (AvgIpc) is 1.90. The minimum atomic E-state index is -0.842. The summed E-state index contributed by atoms with van der Waals surface area (Å²) in [7, 11) is 0. The minimum Gasteiger partial charge on any atom is -0.360 e. The summed E-state index contributed by atoms with van der Waals surface area (Å²) in [6.07, 6.45) is 0. The lowest BCUT2D eigenvalue weighted by Crippen LogP contribution is -2.19. The maximum absolute atomic E-state index is 12.2. The minimum absolute atomic E-state index is 0.00772. The molecule has 0 aromatic carbocycles. The Morgan fingerprint density at radius 2 is 1.70 bits per heavy atom. The summed E-state index contributed by atoms with van der Waals surface area (Å²) in [5.41, 5.74) is 0. The van der Waals surface area contributed by atoms with E-state index in [0.717, 1.165) is 0 Å². The molecule has 0 aliphatic carbocycles. The van der Waals surface area contributed by atoms with E-state index in [4.69, 9.17) is 23.2 Å². The van der Waals surface area contributed by atoms with E-state index in [-0.39, 0.29) is 5.16 Å². The summed E-state index contributed by atoms with van der Waals surface area (Å²) < 4.78 is 12.2. The van der Waals surface area contributed by atoms with Gasteiger partial charge in [0.15, 0.2) is 5.16 Å². The molecule has 4 heteroatoms. The molecule has 0 amide bonds. The molecule has 0 N–H and O–H groups in total. The third-order valence-corrected chi connectivity index (χ3v) is 1.88. The van der Waals surface area contributed by atoms with Crippen LogP contribution < -0.4 is 0 Å². The van der Waals surface area contributed by atoms with Crippen molar-refractivity contribution in [3.05, 3.63) is 10.4 Å². The van der Waals surface area contributed by atoms with Crippen LogP contribution in [0, 0.1) is 0 Å². The molecular weight excluding hydrogens is 176 g/mol. The second-order valence-electron chi connectivity index (χ2n) is 1.72. The zero-order valence-corrected chi connectivity index (χ0v) is 7.51. The quantitative estimate of drug-likeness (QED) is 0.612. The standard InChI is InChI=1S/C6H10Cl2FN/c1-3-10(4-2)6(8)5(7)9/h3-4H2,1-2H3. The molecule has 60 valence electrons. The van der Waals surface area contributed by atoms with E-state index >= 15 is 0 Å². The Hall–Kier alpha value is 0.0500. The van der Waals surface area contributed by atoms with Crippen LogP contribution in [0.2, 0.25) is 0 Å². The maximum Gasteiger partial charge on any atom is 0.224 e. The zero-order chi connectivity index (χ0) is 8.15. The van der Waals surface area contributed by atoms with Gasteiger partial charge in [-0.15, -0.1) is 0 Å². The molecule has 0 atom stereocenters. The first kappa shape index (κ1) is 10.0. The first-order chi connectivity index (χ1) is 4.63. The van der Waals surface area contributed by atoms with Crippen LogP contribution in [0.15, 0.2) is 10.4 Å². The highest BCUT2D eigenvalue weighted by Gasteiger charge is 2.06. The summed E-state index contributed by atoms with van der Waals surface area (Å²) in [4.78, 5) is 1.63. The lowest BCUT2D eigenvalue weighted by molar-refractivity contribution is 0.395. The smallest absolute Gasteiger partial charge is 0.224 e. The molecular formula is C6H10Cl2FN. The highest BCUT2D eigenvalue weighted by atomic mass is 35.5. The second-order valence-corrected chi connectivity index (χ2v) is 2.41.